The summed E-state index contributed by atoms with van der Waals surface area (Å²) in [5.41, 5.74) is 0.151. The van der Waals surface area contributed by atoms with Gasteiger partial charge in [0, 0.05) is 9.92 Å². The molecule has 0 atom stereocenters. The minimum absolute atomic E-state index is 0.00394. The maximum atomic E-state index is 12.3. The monoisotopic (exact) mass is 416 g/mol. The maximum absolute atomic E-state index is 12.3. The Morgan fingerprint density at radius 3 is 2.81 bits per heavy atom. The fraction of sp³-hybridized carbons (Fsp3) is 0.111. The zero-order valence-corrected chi connectivity index (χ0v) is 16.5. The van der Waals surface area contributed by atoms with Crippen molar-refractivity contribution < 1.29 is 9.21 Å². The molecule has 2 aromatic rings. The molecule has 0 radical (unpaired) electrons. The van der Waals surface area contributed by atoms with E-state index in [1.807, 2.05) is 37.3 Å². The predicted octanol–water partition coefficient (Wildman–Crippen LogP) is 5.11. The quantitative estimate of drug-likeness (QED) is 0.700. The second-order valence-corrected chi connectivity index (χ2v) is 8.13. The Morgan fingerprint density at radius 1 is 1.30 bits per heavy atom. The van der Waals surface area contributed by atoms with Crippen molar-refractivity contribution in [1.82, 2.24) is 5.01 Å². The van der Waals surface area contributed by atoms with Crippen LogP contribution in [0.2, 0.25) is 5.02 Å². The molecule has 0 saturated heterocycles. The molecule has 1 N–H and O–H groups in total. The van der Waals surface area contributed by atoms with Gasteiger partial charge in [0.2, 0.25) is 5.17 Å². The molecule has 1 aromatic carbocycles. The van der Waals surface area contributed by atoms with Crippen LogP contribution in [-0.2, 0) is 4.79 Å². The van der Waals surface area contributed by atoms with Crippen molar-refractivity contribution in [2.24, 2.45) is 10.1 Å². The highest BCUT2D eigenvalue weighted by Gasteiger charge is 2.35. The number of amidine groups is 2. The number of hydrogen-bond donors (Lipinski definition) is 1. The molecule has 1 amide bonds. The van der Waals surface area contributed by atoms with E-state index in [0.29, 0.717) is 21.0 Å². The first-order chi connectivity index (χ1) is 13.0. The van der Waals surface area contributed by atoms with Gasteiger partial charge in [-0.1, -0.05) is 30.3 Å². The highest BCUT2D eigenvalue weighted by molar-refractivity contribution is 8.26. The number of nitrogens with one attached hydrogen (secondary N) is 1. The van der Waals surface area contributed by atoms with Crippen molar-refractivity contribution in [2.75, 3.05) is 0 Å². The van der Waals surface area contributed by atoms with Crippen molar-refractivity contribution in [3.8, 4) is 0 Å². The Hall–Kier alpha value is -2.29. The molecule has 0 bridgehead atoms. The summed E-state index contributed by atoms with van der Waals surface area (Å²) in [6.45, 7) is 1.97. The van der Waals surface area contributed by atoms with Gasteiger partial charge in [0.25, 0.3) is 5.91 Å². The molecule has 6 nitrogen and oxygen atoms in total. The van der Waals surface area contributed by atoms with Gasteiger partial charge in [0.15, 0.2) is 10.9 Å². The summed E-state index contributed by atoms with van der Waals surface area (Å²) in [6, 6.07) is 11.0. The Labute approximate surface area is 168 Å². The summed E-state index contributed by atoms with van der Waals surface area (Å²) in [5, 5.41) is 16.6. The Morgan fingerprint density at radius 2 is 2.07 bits per heavy atom. The standard InChI is InChI=1S/C18H13ClN4O2S2/c1-2-14-22-23-16(20)13(17(24)21-18(23)27-14)9-11-5-8-15(25-11)26-12-6-3-10(19)4-7-12/h3-9,20H,2H2,1H3/b13-9+,20-16?. The number of amides is 1. The fourth-order valence-corrected chi connectivity index (χ4v) is 4.13. The molecule has 0 aliphatic carbocycles. The van der Waals surface area contributed by atoms with Crippen LogP contribution in [0.1, 0.15) is 19.1 Å². The smallest absolute Gasteiger partial charge is 0.283 e. The molecule has 0 saturated carbocycles. The zero-order chi connectivity index (χ0) is 19.0. The van der Waals surface area contributed by atoms with E-state index in [4.69, 9.17) is 21.4 Å². The molecular weight excluding hydrogens is 404 g/mol. The van der Waals surface area contributed by atoms with Crippen LogP contribution >= 0.6 is 35.1 Å². The van der Waals surface area contributed by atoms with Gasteiger partial charge in [-0.3, -0.25) is 10.2 Å². The second-order valence-electron chi connectivity index (χ2n) is 5.58. The number of nitrogens with zero attached hydrogens (tertiary/aromatic N) is 3. The lowest BCUT2D eigenvalue weighted by Crippen LogP contribution is -2.35. The minimum atomic E-state index is -0.463. The fourth-order valence-electron chi connectivity index (χ4n) is 2.40. The third-order valence-corrected chi connectivity index (χ3v) is 5.95. The third-order valence-electron chi connectivity index (χ3n) is 3.72. The van der Waals surface area contributed by atoms with Crippen LogP contribution < -0.4 is 0 Å². The lowest BCUT2D eigenvalue weighted by atomic mass is 10.1. The van der Waals surface area contributed by atoms with E-state index in [9.17, 15) is 4.79 Å². The zero-order valence-electron chi connectivity index (χ0n) is 14.1. The van der Waals surface area contributed by atoms with Crippen LogP contribution in [-0.4, -0.2) is 27.0 Å². The SMILES string of the molecule is CCC1=NN2C(=N)/C(=C\c3ccc(Sc4ccc(Cl)cc4)o3)C(=O)N=C2S1. The van der Waals surface area contributed by atoms with Gasteiger partial charge in [-0.25, -0.2) is 0 Å². The van der Waals surface area contributed by atoms with Gasteiger partial charge in [-0.05, 0) is 60.7 Å². The molecule has 0 spiro atoms. The molecule has 3 heterocycles. The largest absolute Gasteiger partial charge is 0.450 e. The molecule has 27 heavy (non-hydrogen) atoms. The van der Waals surface area contributed by atoms with Gasteiger partial charge in [0.05, 0.1) is 5.57 Å². The van der Waals surface area contributed by atoms with Crippen LogP contribution in [0.3, 0.4) is 0 Å². The topological polar surface area (TPSA) is 82.0 Å². The van der Waals surface area contributed by atoms with Gasteiger partial charge < -0.3 is 4.42 Å². The number of aliphatic imine (C=N–C) groups is 1. The average molecular weight is 417 g/mol. The second kappa shape index (κ2) is 7.38. The summed E-state index contributed by atoms with van der Waals surface area (Å²) in [6.07, 6.45) is 2.26. The van der Waals surface area contributed by atoms with E-state index < -0.39 is 5.91 Å². The minimum Gasteiger partial charge on any atom is -0.450 e. The van der Waals surface area contributed by atoms with Crippen LogP contribution in [0.5, 0.6) is 0 Å². The highest BCUT2D eigenvalue weighted by Crippen LogP contribution is 2.32. The van der Waals surface area contributed by atoms with Crippen molar-refractivity contribution in [2.45, 2.75) is 23.3 Å². The molecule has 0 fully saturated rings. The molecular formula is C18H13ClN4O2S2. The Kier molecular flexibility index (Phi) is 4.94. The van der Waals surface area contributed by atoms with Crippen LogP contribution in [0, 0.1) is 5.41 Å². The highest BCUT2D eigenvalue weighted by atomic mass is 35.5. The number of hydrazone groups is 1. The molecule has 2 aliphatic heterocycles. The predicted molar refractivity (Wildman–Crippen MR) is 110 cm³/mol. The van der Waals surface area contributed by atoms with E-state index in [2.05, 4.69) is 10.1 Å². The third kappa shape index (κ3) is 3.73. The van der Waals surface area contributed by atoms with E-state index in [1.54, 1.807) is 6.07 Å². The Bertz CT molecular complexity index is 1020. The van der Waals surface area contributed by atoms with Crippen LogP contribution in [0.4, 0.5) is 0 Å². The average Bonchev–Trinajstić information content (AvgIpc) is 3.27. The van der Waals surface area contributed by atoms with E-state index >= 15 is 0 Å². The van der Waals surface area contributed by atoms with Crippen LogP contribution in [0.15, 0.2) is 66.5 Å². The Balaban J connectivity index is 1.56. The van der Waals surface area contributed by atoms with Gasteiger partial charge in [0.1, 0.15) is 10.8 Å². The number of furan rings is 1. The lowest BCUT2D eigenvalue weighted by Gasteiger charge is -2.19. The molecule has 2 aliphatic rings. The number of benzene rings is 1. The first-order valence-electron chi connectivity index (χ1n) is 8.06. The number of thioether (sulfide) groups is 1. The summed E-state index contributed by atoms with van der Waals surface area (Å²) >= 11 is 8.65. The van der Waals surface area contributed by atoms with Gasteiger partial charge in [-0.15, -0.1) is 0 Å². The number of rotatable bonds is 4. The van der Waals surface area contributed by atoms with Crippen molar-refractivity contribution in [3.63, 3.8) is 0 Å². The van der Waals surface area contributed by atoms with Gasteiger partial charge in [-0.2, -0.15) is 15.1 Å². The molecule has 4 rings (SSSR count). The normalized spacial score (nSPS) is 18.0. The molecule has 136 valence electrons. The molecule has 0 unspecified atom stereocenters. The van der Waals surface area contributed by atoms with Crippen molar-refractivity contribution >= 4 is 63.2 Å². The summed E-state index contributed by atoms with van der Waals surface area (Å²) in [4.78, 5) is 17.4. The number of hydrogen-bond acceptors (Lipinski definition) is 6. The number of fused-ring (bicyclic) bond motifs is 1. The van der Waals surface area contributed by atoms with Crippen molar-refractivity contribution in [3.05, 3.63) is 52.8 Å². The first kappa shape index (κ1) is 18.1. The molecule has 1 aromatic heterocycles. The maximum Gasteiger partial charge on any atom is 0.283 e. The van der Waals surface area contributed by atoms with E-state index in [1.165, 1.54) is 34.6 Å². The lowest BCUT2D eigenvalue weighted by molar-refractivity contribution is -0.114. The summed E-state index contributed by atoms with van der Waals surface area (Å²) < 4.78 is 5.77. The number of carbonyl (C=O) groups excluding carboxylic acids is 1. The van der Waals surface area contributed by atoms with Crippen molar-refractivity contribution in [1.29, 1.82) is 5.41 Å². The van der Waals surface area contributed by atoms with E-state index in [0.717, 1.165) is 16.4 Å². The first-order valence-corrected chi connectivity index (χ1v) is 10.1. The number of halogens is 1. The molecule has 9 heteroatoms. The summed E-state index contributed by atoms with van der Waals surface area (Å²) in [5.74, 6) is 0.0172. The summed E-state index contributed by atoms with van der Waals surface area (Å²) in [7, 11) is 0. The number of carbonyl (C=O) groups is 1. The van der Waals surface area contributed by atoms with Gasteiger partial charge >= 0.3 is 0 Å². The van der Waals surface area contributed by atoms with Crippen LogP contribution in [0.25, 0.3) is 6.08 Å². The van der Waals surface area contributed by atoms with E-state index in [-0.39, 0.29) is 11.4 Å².